The fourth-order valence-electron chi connectivity index (χ4n) is 3.13. The molecule has 132 valence electrons. The second kappa shape index (κ2) is 7.66. The zero-order chi connectivity index (χ0) is 17.8. The van der Waals surface area contributed by atoms with Crippen LogP contribution in [-0.2, 0) is 17.8 Å². The predicted octanol–water partition coefficient (Wildman–Crippen LogP) is 2.72. The molecule has 0 radical (unpaired) electrons. The van der Waals surface area contributed by atoms with Gasteiger partial charge in [-0.25, -0.2) is 4.39 Å². The van der Waals surface area contributed by atoms with Crippen LogP contribution in [0.3, 0.4) is 0 Å². The SMILES string of the molecule is CN(C)CC1COc2ccccc2CN1C(=O)Cc1ccccc1F. The number of carbonyl (C=O) groups is 1. The summed E-state index contributed by atoms with van der Waals surface area (Å²) in [5.41, 5.74) is 1.40. The van der Waals surface area contributed by atoms with Crippen molar-refractivity contribution in [3.8, 4) is 5.75 Å². The van der Waals surface area contributed by atoms with Crippen LogP contribution in [0.2, 0.25) is 0 Å². The van der Waals surface area contributed by atoms with Gasteiger partial charge in [0.05, 0.1) is 12.5 Å². The number of rotatable bonds is 4. The molecule has 2 aromatic rings. The number of fused-ring (bicyclic) bond motifs is 1. The summed E-state index contributed by atoms with van der Waals surface area (Å²) < 4.78 is 19.9. The lowest BCUT2D eigenvalue weighted by Gasteiger charge is -2.31. The first kappa shape index (κ1) is 17.4. The normalized spacial score (nSPS) is 17.0. The van der Waals surface area contributed by atoms with Crippen molar-refractivity contribution in [1.29, 1.82) is 0 Å². The van der Waals surface area contributed by atoms with Crippen molar-refractivity contribution < 1.29 is 13.9 Å². The van der Waals surface area contributed by atoms with E-state index in [0.29, 0.717) is 25.3 Å². The van der Waals surface area contributed by atoms with E-state index < -0.39 is 0 Å². The Hall–Kier alpha value is -2.40. The van der Waals surface area contributed by atoms with E-state index >= 15 is 0 Å². The maximum absolute atomic E-state index is 13.9. The summed E-state index contributed by atoms with van der Waals surface area (Å²) in [6.07, 6.45) is 0.0543. The van der Waals surface area contributed by atoms with Crippen LogP contribution in [0.4, 0.5) is 4.39 Å². The van der Waals surface area contributed by atoms with E-state index in [-0.39, 0.29) is 24.2 Å². The van der Waals surface area contributed by atoms with Crippen molar-refractivity contribution in [1.82, 2.24) is 9.80 Å². The van der Waals surface area contributed by atoms with Crippen LogP contribution in [0.5, 0.6) is 5.75 Å². The Kier molecular flexibility index (Phi) is 5.34. The predicted molar refractivity (Wildman–Crippen MR) is 94.9 cm³/mol. The standard InChI is InChI=1S/C20H23FN2O2/c1-22(2)13-17-14-25-19-10-6-4-8-16(19)12-23(17)20(24)11-15-7-3-5-9-18(15)21/h3-10,17H,11-14H2,1-2H3. The van der Waals surface area contributed by atoms with Gasteiger partial charge >= 0.3 is 0 Å². The third-order valence-corrected chi connectivity index (χ3v) is 4.38. The number of likely N-dealkylation sites (N-methyl/N-ethyl adjacent to an activating group) is 1. The maximum Gasteiger partial charge on any atom is 0.227 e. The minimum absolute atomic E-state index is 0.0543. The molecule has 0 bridgehead atoms. The number of ether oxygens (including phenoxy) is 1. The molecule has 0 aromatic heterocycles. The van der Waals surface area contributed by atoms with Crippen molar-refractivity contribution in [3.63, 3.8) is 0 Å². The van der Waals surface area contributed by atoms with Gasteiger partial charge in [-0.15, -0.1) is 0 Å². The molecule has 0 N–H and O–H groups in total. The van der Waals surface area contributed by atoms with E-state index in [0.717, 1.165) is 11.3 Å². The molecule has 25 heavy (non-hydrogen) atoms. The van der Waals surface area contributed by atoms with Crippen LogP contribution < -0.4 is 4.74 Å². The lowest BCUT2D eigenvalue weighted by Crippen LogP contribution is -2.47. The molecule has 1 aliphatic rings. The largest absolute Gasteiger partial charge is 0.491 e. The molecule has 0 saturated carbocycles. The lowest BCUT2D eigenvalue weighted by atomic mass is 10.1. The highest BCUT2D eigenvalue weighted by atomic mass is 19.1. The zero-order valence-corrected chi connectivity index (χ0v) is 14.6. The summed E-state index contributed by atoms with van der Waals surface area (Å²) in [5.74, 6) is 0.385. The van der Waals surface area contributed by atoms with Gasteiger partial charge in [0, 0.05) is 18.7 Å². The molecule has 3 rings (SSSR count). The summed E-state index contributed by atoms with van der Waals surface area (Å²) >= 11 is 0. The molecule has 0 aliphatic carbocycles. The van der Waals surface area contributed by atoms with Crippen LogP contribution in [0.25, 0.3) is 0 Å². The number of amides is 1. The summed E-state index contributed by atoms with van der Waals surface area (Å²) in [6, 6.07) is 14.1. The van der Waals surface area contributed by atoms with Gasteiger partial charge < -0.3 is 14.5 Å². The Morgan fingerprint density at radius 1 is 1.20 bits per heavy atom. The molecule has 2 aromatic carbocycles. The molecule has 4 nitrogen and oxygen atoms in total. The molecule has 0 spiro atoms. The van der Waals surface area contributed by atoms with E-state index in [9.17, 15) is 9.18 Å². The summed E-state index contributed by atoms with van der Waals surface area (Å²) in [6.45, 7) is 1.59. The third kappa shape index (κ3) is 4.17. The minimum atomic E-state index is -0.341. The summed E-state index contributed by atoms with van der Waals surface area (Å²) in [5, 5.41) is 0. The highest BCUT2D eigenvalue weighted by molar-refractivity contribution is 5.79. The molecule has 5 heteroatoms. The zero-order valence-electron chi connectivity index (χ0n) is 14.6. The molecule has 1 atom stereocenters. The topological polar surface area (TPSA) is 32.8 Å². The van der Waals surface area contributed by atoms with Crippen LogP contribution in [0, 0.1) is 5.82 Å². The fraction of sp³-hybridized carbons (Fsp3) is 0.350. The third-order valence-electron chi connectivity index (χ3n) is 4.38. The molecular weight excluding hydrogens is 319 g/mol. The number of carbonyl (C=O) groups excluding carboxylic acids is 1. The molecule has 0 fully saturated rings. The molecule has 1 aliphatic heterocycles. The number of halogens is 1. The van der Waals surface area contributed by atoms with Gasteiger partial charge in [-0.3, -0.25) is 4.79 Å². The highest BCUT2D eigenvalue weighted by Gasteiger charge is 2.29. The van der Waals surface area contributed by atoms with Crippen molar-refractivity contribution in [2.45, 2.75) is 19.0 Å². The van der Waals surface area contributed by atoms with Crippen molar-refractivity contribution in [3.05, 3.63) is 65.5 Å². The van der Waals surface area contributed by atoms with Gasteiger partial charge in [0.2, 0.25) is 5.91 Å². The quantitative estimate of drug-likeness (QED) is 0.856. The van der Waals surface area contributed by atoms with Crippen molar-refractivity contribution in [2.24, 2.45) is 0 Å². The molecule has 1 amide bonds. The summed E-state index contributed by atoms with van der Waals surface area (Å²) in [7, 11) is 3.94. The number of benzene rings is 2. The van der Waals surface area contributed by atoms with Crippen LogP contribution in [0.1, 0.15) is 11.1 Å². The average Bonchev–Trinajstić information content (AvgIpc) is 2.76. The molecule has 1 heterocycles. The van der Waals surface area contributed by atoms with Gasteiger partial charge in [0.1, 0.15) is 18.2 Å². The van der Waals surface area contributed by atoms with Crippen LogP contribution in [0.15, 0.2) is 48.5 Å². The number of nitrogens with zero attached hydrogens (tertiary/aromatic N) is 2. The van der Waals surface area contributed by atoms with Gasteiger partial charge in [0.25, 0.3) is 0 Å². The van der Waals surface area contributed by atoms with E-state index in [2.05, 4.69) is 0 Å². The first-order valence-electron chi connectivity index (χ1n) is 8.43. The van der Waals surface area contributed by atoms with Gasteiger partial charge in [-0.05, 0) is 31.8 Å². The van der Waals surface area contributed by atoms with E-state index in [1.807, 2.05) is 48.2 Å². The smallest absolute Gasteiger partial charge is 0.227 e. The van der Waals surface area contributed by atoms with Gasteiger partial charge in [-0.1, -0.05) is 36.4 Å². The summed E-state index contributed by atoms with van der Waals surface area (Å²) in [4.78, 5) is 16.8. The first-order chi connectivity index (χ1) is 12.0. The van der Waals surface area contributed by atoms with E-state index in [4.69, 9.17) is 4.74 Å². The number of para-hydroxylation sites is 1. The number of hydrogen-bond donors (Lipinski definition) is 0. The van der Waals surface area contributed by atoms with Crippen LogP contribution >= 0.6 is 0 Å². The number of hydrogen-bond acceptors (Lipinski definition) is 3. The van der Waals surface area contributed by atoms with Crippen molar-refractivity contribution >= 4 is 5.91 Å². The van der Waals surface area contributed by atoms with E-state index in [1.165, 1.54) is 6.07 Å². The highest BCUT2D eigenvalue weighted by Crippen LogP contribution is 2.25. The monoisotopic (exact) mass is 342 g/mol. The Bertz CT molecular complexity index is 748. The molecular formula is C20H23FN2O2. The van der Waals surface area contributed by atoms with Crippen molar-refractivity contribution in [2.75, 3.05) is 27.2 Å². The molecule has 1 unspecified atom stereocenters. The Morgan fingerprint density at radius 2 is 1.92 bits per heavy atom. The Morgan fingerprint density at radius 3 is 2.68 bits per heavy atom. The van der Waals surface area contributed by atoms with E-state index in [1.54, 1.807) is 18.2 Å². The Labute approximate surface area is 147 Å². The van der Waals surface area contributed by atoms with Gasteiger partial charge in [-0.2, -0.15) is 0 Å². The lowest BCUT2D eigenvalue weighted by molar-refractivity contribution is -0.134. The van der Waals surface area contributed by atoms with Crippen LogP contribution in [-0.4, -0.2) is 49.0 Å². The minimum Gasteiger partial charge on any atom is -0.491 e. The van der Waals surface area contributed by atoms with Gasteiger partial charge in [0.15, 0.2) is 0 Å². The Balaban J connectivity index is 1.85. The second-order valence-corrected chi connectivity index (χ2v) is 6.62. The average molecular weight is 342 g/mol. The fourth-order valence-corrected chi connectivity index (χ4v) is 3.13. The molecule has 0 saturated heterocycles. The maximum atomic E-state index is 13.9. The first-order valence-corrected chi connectivity index (χ1v) is 8.43. The second-order valence-electron chi connectivity index (χ2n) is 6.62.